The lowest BCUT2D eigenvalue weighted by atomic mass is 10.1. The average Bonchev–Trinajstić information content (AvgIpc) is 2.43. The molecule has 0 aliphatic heterocycles. The fraction of sp³-hybridized carbons (Fsp3) is 0.438. The number of fused-ring (bicyclic) bond motifs is 1. The lowest BCUT2D eigenvalue weighted by molar-refractivity contribution is -0.114. The second-order valence-corrected chi connectivity index (χ2v) is 7.06. The van der Waals surface area contributed by atoms with Crippen LogP contribution < -0.4 is 5.56 Å². The van der Waals surface area contributed by atoms with E-state index in [0.29, 0.717) is 39.3 Å². The Morgan fingerprint density at radius 1 is 1.41 bits per heavy atom. The van der Waals surface area contributed by atoms with E-state index in [0.717, 1.165) is 6.42 Å². The van der Waals surface area contributed by atoms with E-state index in [1.807, 2.05) is 0 Å². The van der Waals surface area contributed by atoms with Gasteiger partial charge in [-0.1, -0.05) is 37.2 Å². The standard InChI is InChI=1S/C16H19ClN2O2S/c1-10(2)6-7-19-15(21)13-5-4-12(17)8-14(13)18-16(19)22-9-11(3)20/h4-5,8,10H,6-7,9H2,1-3H3. The van der Waals surface area contributed by atoms with E-state index in [1.54, 1.807) is 22.8 Å². The molecule has 1 aromatic heterocycles. The Kier molecular flexibility index (Phi) is 5.64. The zero-order valence-electron chi connectivity index (χ0n) is 12.9. The summed E-state index contributed by atoms with van der Waals surface area (Å²) in [6.45, 7) is 6.35. The Morgan fingerprint density at radius 3 is 2.77 bits per heavy atom. The fourth-order valence-electron chi connectivity index (χ4n) is 2.03. The lowest BCUT2D eigenvalue weighted by Crippen LogP contribution is -2.24. The highest BCUT2D eigenvalue weighted by Gasteiger charge is 2.13. The summed E-state index contributed by atoms with van der Waals surface area (Å²) in [4.78, 5) is 28.5. The van der Waals surface area contributed by atoms with Crippen LogP contribution in [0.25, 0.3) is 10.9 Å². The molecule has 1 aromatic carbocycles. The predicted molar refractivity (Wildman–Crippen MR) is 91.9 cm³/mol. The molecule has 0 aliphatic rings. The highest BCUT2D eigenvalue weighted by Crippen LogP contribution is 2.21. The first kappa shape index (κ1) is 17.0. The number of ketones is 1. The number of carbonyl (C=O) groups is 1. The number of benzene rings is 1. The van der Waals surface area contributed by atoms with Gasteiger partial charge in [0.2, 0.25) is 0 Å². The zero-order chi connectivity index (χ0) is 16.3. The third-order valence-corrected chi connectivity index (χ3v) is 4.57. The topological polar surface area (TPSA) is 52.0 Å². The molecule has 0 fully saturated rings. The average molecular weight is 339 g/mol. The normalized spacial score (nSPS) is 11.3. The fourth-order valence-corrected chi connectivity index (χ4v) is 3.03. The second kappa shape index (κ2) is 7.29. The molecular weight excluding hydrogens is 320 g/mol. The first-order valence-corrected chi connectivity index (χ1v) is 8.57. The molecule has 0 aliphatic carbocycles. The van der Waals surface area contributed by atoms with Gasteiger partial charge >= 0.3 is 0 Å². The third-order valence-electron chi connectivity index (χ3n) is 3.22. The Balaban J connectivity index is 2.53. The number of halogens is 1. The summed E-state index contributed by atoms with van der Waals surface area (Å²) in [6.07, 6.45) is 0.883. The number of aromatic nitrogens is 2. The molecule has 22 heavy (non-hydrogen) atoms. The van der Waals surface area contributed by atoms with Gasteiger partial charge in [-0.05, 0) is 37.5 Å². The highest BCUT2D eigenvalue weighted by molar-refractivity contribution is 7.99. The molecule has 1 heterocycles. The lowest BCUT2D eigenvalue weighted by Gasteiger charge is -2.14. The number of hydrogen-bond acceptors (Lipinski definition) is 4. The van der Waals surface area contributed by atoms with Crippen LogP contribution in [0.1, 0.15) is 27.2 Å². The maximum Gasteiger partial charge on any atom is 0.262 e. The smallest absolute Gasteiger partial charge is 0.262 e. The van der Waals surface area contributed by atoms with Crippen LogP contribution in [-0.2, 0) is 11.3 Å². The van der Waals surface area contributed by atoms with Gasteiger partial charge in [0, 0.05) is 11.6 Å². The molecule has 0 bridgehead atoms. The van der Waals surface area contributed by atoms with Crippen LogP contribution in [0.5, 0.6) is 0 Å². The maximum absolute atomic E-state index is 12.7. The third kappa shape index (κ3) is 4.11. The first-order chi connectivity index (χ1) is 10.4. The van der Waals surface area contributed by atoms with E-state index < -0.39 is 0 Å². The van der Waals surface area contributed by atoms with Gasteiger partial charge in [0.05, 0.1) is 16.7 Å². The molecule has 0 N–H and O–H groups in total. The number of nitrogens with zero attached hydrogens (tertiary/aromatic N) is 2. The van der Waals surface area contributed by atoms with Gasteiger partial charge in [-0.2, -0.15) is 0 Å². The van der Waals surface area contributed by atoms with E-state index in [2.05, 4.69) is 18.8 Å². The van der Waals surface area contributed by atoms with E-state index in [9.17, 15) is 9.59 Å². The van der Waals surface area contributed by atoms with Gasteiger partial charge in [-0.3, -0.25) is 14.2 Å². The summed E-state index contributed by atoms with van der Waals surface area (Å²) in [6, 6.07) is 5.09. The summed E-state index contributed by atoms with van der Waals surface area (Å²) in [5.41, 5.74) is 0.498. The van der Waals surface area contributed by atoms with Crippen molar-refractivity contribution in [2.45, 2.75) is 38.9 Å². The van der Waals surface area contributed by atoms with Gasteiger partial charge in [0.25, 0.3) is 5.56 Å². The molecule has 6 heteroatoms. The molecule has 0 saturated heterocycles. The van der Waals surface area contributed by atoms with Crippen LogP contribution in [0.15, 0.2) is 28.2 Å². The number of carbonyl (C=O) groups excluding carboxylic acids is 1. The highest BCUT2D eigenvalue weighted by atomic mass is 35.5. The molecular formula is C16H19ClN2O2S. The summed E-state index contributed by atoms with van der Waals surface area (Å²) < 4.78 is 1.67. The quantitative estimate of drug-likeness (QED) is 0.594. The molecule has 2 rings (SSSR count). The second-order valence-electron chi connectivity index (χ2n) is 5.69. The molecule has 0 atom stereocenters. The van der Waals surface area contributed by atoms with Crippen molar-refractivity contribution >= 4 is 40.0 Å². The van der Waals surface area contributed by atoms with E-state index in [1.165, 1.54) is 18.7 Å². The largest absolute Gasteiger partial charge is 0.299 e. The van der Waals surface area contributed by atoms with Crippen molar-refractivity contribution in [1.82, 2.24) is 9.55 Å². The SMILES string of the molecule is CC(=O)CSc1nc2cc(Cl)ccc2c(=O)n1CCC(C)C. The monoisotopic (exact) mass is 338 g/mol. The summed E-state index contributed by atoms with van der Waals surface area (Å²) in [5, 5.41) is 1.68. The van der Waals surface area contributed by atoms with Crippen LogP contribution in [0.4, 0.5) is 0 Å². The van der Waals surface area contributed by atoms with Gasteiger partial charge in [0.1, 0.15) is 5.78 Å². The van der Waals surface area contributed by atoms with Crippen molar-refractivity contribution in [3.05, 3.63) is 33.6 Å². The Morgan fingerprint density at radius 2 is 2.14 bits per heavy atom. The number of thioether (sulfide) groups is 1. The minimum atomic E-state index is -0.0756. The minimum Gasteiger partial charge on any atom is -0.299 e. The van der Waals surface area contributed by atoms with E-state index in [4.69, 9.17) is 11.6 Å². The maximum atomic E-state index is 12.7. The molecule has 4 nitrogen and oxygen atoms in total. The molecule has 0 unspecified atom stereocenters. The Labute approximate surface area is 138 Å². The molecule has 2 aromatic rings. The van der Waals surface area contributed by atoms with E-state index in [-0.39, 0.29) is 11.3 Å². The van der Waals surface area contributed by atoms with Gasteiger partial charge in [-0.15, -0.1) is 0 Å². The van der Waals surface area contributed by atoms with Crippen LogP contribution in [0, 0.1) is 5.92 Å². The molecule has 0 spiro atoms. The van der Waals surface area contributed by atoms with Crippen LogP contribution in [-0.4, -0.2) is 21.1 Å². The summed E-state index contributed by atoms with van der Waals surface area (Å²) >= 11 is 7.28. The van der Waals surface area contributed by atoms with Crippen LogP contribution in [0.3, 0.4) is 0 Å². The van der Waals surface area contributed by atoms with Gasteiger partial charge in [-0.25, -0.2) is 4.98 Å². The number of Topliss-reactive ketones (excluding diaryl/α,β-unsaturated/α-hetero) is 1. The van der Waals surface area contributed by atoms with Crippen LogP contribution in [0.2, 0.25) is 5.02 Å². The Hall–Kier alpha value is -1.33. The van der Waals surface area contributed by atoms with Gasteiger partial charge in [0.15, 0.2) is 5.16 Å². The van der Waals surface area contributed by atoms with Crippen molar-refractivity contribution in [2.75, 3.05) is 5.75 Å². The summed E-state index contributed by atoms with van der Waals surface area (Å²) in [5.74, 6) is 0.847. The molecule has 0 radical (unpaired) electrons. The predicted octanol–water partition coefficient (Wildman–Crippen LogP) is 3.78. The van der Waals surface area contributed by atoms with Crippen molar-refractivity contribution in [3.8, 4) is 0 Å². The molecule has 0 saturated carbocycles. The van der Waals surface area contributed by atoms with Crippen LogP contribution >= 0.6 is 23.4 Å². The van der Waals surface area contributed by atoms with Crippen molar-refractivity contribution < 1.29 is 4.79 Å². The van der Waals surface area contributed by atoms with Crippen molar-refractivity contribution in [3.63, 3.8) is 0 Å². The molecule has 118 valence electrons. The number of hydrogen-bond donors (Lipinski definition) is 0. The summed E-state index contributed by atoms with van der Waals surface area (Å²) in [7, 11) is 0. The van der Waals surface area contributed by atoms with Gasteiger partial charge < -0.3 is 0 Å². The van der Waals surface area contributed by atoms with Crippen molar-refractivity contribution in [1.29, 1.82) is 0 Å². The molecule has 0 amide bonds. The first-order valence-electron chi connectivity index (χ1n) is 7.21. The number of rotatable bonds is 6. The minimum absolute atomic E-state index is 0.0563. The van der Waals surface area contributed by atoms with Crippen molar-refractivity contribution in [2.24, 2.45) is 5.92 Å². The zero-order valence-corrected chi connectivity index (χ0v) is 14.5. The van der Waals surface area contributed by atoms with E-state index >= 15 is 0 Å². The Bertz CT molecular complexity index is 756.